The van der Waals surface area contributed by atoms with Gasteiger partial charge in [-0.25, -0.2) is 0 Å². The molecule has 0 N–H and O–H groups in total. The first kappa shape index (κ1) is 35.8. The van der Waals surface area contributed by atoms with Gasteiger partial charge in [-0.1, -0.05) is 181 Å². The summed E-state index contributed by atoms with van der Waals surface area (Å²) in [6.07, 6.45) is 42.6. The van der Waals surface area contributed by atoms with Gasteiger partial charge in [-0.3, -0.25) is 0 Å². The SMILES string of the molecule is CCCC[C@H]1CC[C@H](CC[C@H]2CC[C@H](CC(C)OC(C)C[C@H]3CC[C@H](CC[C@H]4CC[C@H](CCCC)CC4)CC3)CC2)CC1. The summed E-state index contributed by atoms with van der Waals surface area (Å²) in [5.74, 6) is 8.17. The molecular weight excluding hydrogens is 520 g/mol. The molecule has 0 spiro atoms. The molecule has 4 aliphatic rings. The van der Waals surface area contributed by atoms with Gasteiger partial charge in [-0.2, -0.15) is 0 Å². The summed E-state index contributed by atoms with van der Waals surface area (Å²) in [4.78, 5) is 0. The first-order valence-electron chi connectivity index (χ1n) is 20.7. The highest BCUT2D eigenvalue weighted by atomic mass is 16.5. The second-order valence-electron chi connectivity index (χ2n) is 17.2. The first-order valence-corrected chi connectivity index (χ1v) is 20.7. The van der Waals surface area contributed by atoms with Crippen molar-refractivity contribution in [2.45, 2.75) is 220 Å². The highest BCUT2D eigenvalue weighted by Gasteiger charge is 2.28. The topological polar surface area (TPSA) is 9.23 Å². The number of hydrogen-bond donors (Lipinski definition) is 0. The molecule has 2 unspecified atom stereocenters. The molecule has 4 aliphatic carbocycles. The molecule has 0 aliphatic heterocycles. The van der Waals surface area contributed by atoms with E-state index in [0.29, 0.717) is 12.2 Å². The lowest BCUT2D eigenvalue weighted by molar-refractivity contribution is -0.0224. The van der Waals surface area contributed by atoms with Crippen molar-refractivity contribution < 1.29 is 4.74 Å². The van der Waals surface area contributed by atoms with Gasteiger partial charge in [-0.15, -0.1) is 0 Å². The zero-order chi connectivity index (χ0) is 30.3. The number of unbranched alkanes of at least 4 members (excludes halogenated alkanes) is 2. The lowest BCUT2D eigenvalue weighted by atomic mass is 9.74. The predicted octanol–water partition coefficient (Wildman–Crippen LogP) is 13.7. The summed E-state index contributed by atoms with van der Waals surface area (Å²) in [5.41, 5.74) is 0. The summed E-state index contributed by atoms with van der Waals surface area (Å²) in [6, 6.07) is 0. The lowest BCUT2D eigenvalue weighted by Crippen LogP contribution is -2.26. The molecular formula is C42H78O. The summed E-state index contributed by atoms with van der Waals surface area (Å²) in [5, 5.41) is 0. The quantitative estimate of drug-likeness (QED) is 0.152. The van der Waals surface area contributed by atoms with Crippen LogP contribution in [0, 0.1) is 47.3 Å². The maximum absolute atomic E-state index is 6.63. The Morgan fingerprint density at radius 2 is 0.605 bits per heavy atom. The minimum Gasteiger partial charge on any atom is -0.376 e. The van der Waals surface area contributed by atoms with Crippen LogP contribution >= 0.6 is 0 Å². The summed E-state index contributed by atoms with van der Waals surface area (Å²) in [7, 11) is 0. The highest BCUT2D eigenvalue weighted by Crippen LogP contribution is 2.40. The molecule has 1 heteroatoms. The van der Waals surface area contributed by atoms with Crippen molar-refractivity contribution >= 4 is 0 Å². The van der Waals surface area contributed by atoms with Gasteiger partial charge in [0.15, 0.2) is 0 Å². The Labute approximate surface area is 271 Å². The van der Waals surface area contributed by atoms with E-state index >= 15 is 0 Å². The third kappa shape index (κ3) is 13.7. The maximum atomic E-state index is 6.63. The van der Waals surface area contributed by atoms with E-state index in [1.165, 1.54) is 180 Å². The van der Waals surface area contributed by atoms with E-state index in [-0.39, 0.29) is 0 Å². The van der Waals surface area contributed by atoms with Crippen molar-refractivity contribution in [3.05, 3.63) is 0 Å². The zero-order valence-electron chi connectivity index (χ0n) is 30.0. The fourth-order valence-electron chi connectivity index (χ4n) is 10.5. The van der Waals surface area contributed by atoms with Crippen LogP contribution in [0.3, 0.4) is 0 Å². The van der Waals surface area contributed by atoms with E-state index in [0.717, 1.165) is 47.3 Å². The Balaban J connectivity index is 0.991. The van der Waals surface area contributed by atoms with Crippen LogP contribution in [-0.2, 0) is 4.74 Å². The van der Waals surface area contributed by atoms with Gasteiger partial charge in [0.2, 0.25) is 0 Å². The van der Waals surface area contributed by atoms with Gasteiger partial charge >= 0.3 is 0 Å². The minimum absolute atomic E-state index is 0.452. The molecule has 0 bridgehead atoms. The molecule has 0 heterocycles. The smallest absolute Gasteiger partial charge is 0.0553 e. The summed E-state index contributed by atoms with van der Waals surface area (Å²) in [6.45, 7) is 9.46. The molecule has 2 atom stereocenters. The molecule has 43 heavy (non-hydrogen) atoms. The van der Waals surface area contributed by atoms with E-state index < -0.39 is 0 Å². The molecule has 0 radical (unpaired) electrons. The van der Waals surface area contributed by atoms with Gasteiger partial charge in [0.05, 0.1) is 12.2 Å². The van der Waals surface area contributed by atoms with Crippen molar-refractivity contribution in [3.8, 4) is 0 Å². The Morgan fingerprint density at radius 1 is 0.372 bits per heavy atom. The van der Waals surface area contributed by atoms with Gasteiger partial charge in [0, 0.05) is 0 Å². The number of hydrogen-bond acceptors (Lipinski definition) is 1. The Bertz CT molecular complexity index is 611. The van der Waals surface area contributed by atoms with Crippen LogP contribution in [0.15, 0.2) is 0 Å². The molecule has 0 aromatic heterocycles. The molecule has 1 nitrogen and oxygen atoms in total. The number of rotatable bonds is 18. The molecule has 0 saturated heterocycles. The lowest BCUT2D eigenvalue weighted by Gasteiger charge is -2.34. The molecule has 4 saturated carbocycles. The fourth-order valence-corrected chi connectivity index (χ4v) is 10.5. The average molecular weight is 599 g/mol. The fraction of sp³-hybridized carbons (Fsp3) is 1.00. The van der Waals surface area contributed by atoms with Crippen molar-refractivity contribution in [1.82, 2.24) is 0 Å². The van der Waals surface area contributed by atoms with Crippen LogP contribution in [0.25, 0.3) is 0 Å². The Morgan fingerprint density at radius 3 is 0.860 bits per heavy atom. The van der Waals surface area contributed by atoms with Crippen LogP contribution in [0.4, 0.5) is 0 Å². The van der Waals surface area contributed by atoms with Gasteiger partial charge in [0.1, 0.15) is 0 Å². The highest BCUT2D eigenvalue weighted by molar-refractivity contribution is 4.80. The molecule has 4 fully saturated rings. The standard InChI is InChI=1S/C42H78O/c1-5-7-9-35-11-15-37(16-12-35)19-21-39-23-27-41(28-24-39)31-33(3)43-34(4)32-42-29-25-40(26-30-42)22-20-38-17-13-36(14-18-38)10-8-6-2/h33-42H,5-32H2,1-4H3/t33?,34?,35-,36-,37-,38-,39-,40-,41-,42-. The predicted molar refractivity (Wildman–Crippen MR) is 189 cm³/mol. The van der Waals surface area contributed by atoms with E-state index in [9.17, 15) is 0 Å². The van der Waals surface area contributed by atoms with E-state index in [4.69, 9.17) is 4.74 Å². The third-order valence-electron chi connectivity index (χ3n) is 13.6. The van der Waals surface area contributed by atoms with Crippen molar-refractivity contribution in [1.29, 1.82) is 0 Å². The Kier molecular flexibility index (Phi) is 16.9. The van der Waals surface area contributed by atoms with Crippen molar-refractivity contribution in [3.63, 3.8) is 0 Å². The Hall–Kier alpha value is -0.0400. The zero-order valence-corrected chi connectivity index (χ0v) is 30.0. The van der Waals surface area contributed by atoms with Crippen LogP contribution in [0.2, 0.25) is 0 Å². The molecule has 0 amide bonds. The molecule has 4 rings (SSSR count). The van der Waals surface area contributed by atoms with Gasteiger partial charge < -0.3 is 4.74 Å². The maximum Gasteiger partial charge on any atom is 0.0553 e. The van der Waals surface area contributed by atoms with Crippen molar-refractivity contribution in [2.75, 3.05) is 0 Å². The van der Waals surface area contributed by atoms with Crippen LogP contribution in [-0.4, -0.2) is 12.2 Å². The molecule has 0 aromatic carbocycles. The summed E-state index contributed by atoms with van der Waals surface area (Å²) >= 11 is 0. The second kappa shape index (κ2) is 20.3. The normalized spacial score (nSPS) is 35.4. The average Bonchev–Trinajstić information content (AvgIpc) is 3.03. The van der Waals surface area contributed by atoms with Gasteiger partial charge in [0.25, 0.3) is 0 Å². The molecule has 252 valence electrons. The second-order valence-corrected chi connectivity index (χ2v) is 17.2. The van der Waals surface area contributed by atoms with E-state index in [1.54, 1.807) is 0 Å². The summed E-state index contributed by atoms with van der Waals surface area (Å²) < 4.78 is 6.63. The first-order chi connectivity index (χ1) is 21.0. The van der Waals surface area contributed by atoms with Crippen LogP contribution in [0.1, 0.15) is 207 Å². The van der Waals surface area contributed by atoms with Crippen molar-refractivity contribution in [2.24, 2.45) is 47.3 Å². The van der Waals surface area contributed by atoms with E-state index in [1.807, 2.05) is 0 Å². The molecule has 0 aromatic rings. The van der Waals surface area contributed by atoms with Gasteiger partial charge in [-0.05, 0) is 74.0 Å². The van der Waals surface area contributed by atoms with Crippen LogP contribution < -0.4 is 0 Å². The monoisotopic (exact) mass is 599 g/mol. The largest absolute Gasteiger partial charge is 0.376 e. The van der Waals surface area contributed by atoms with Crippen LogP contribution in [0.5, 0.6) is 0 Å². The number of ether oxygens (including phenoxy) is 1. The minimum atomic E-state index is 0.452. The third-order valence-corrected chi connectivity index (χ3v) is 13.6. The van der Waals surface area contributed by atoms with E-state index in [2.05, 4.69) is 27.7 Å².